The van der Waals surface area contributed by atoms with Crippen molar-refractivity contribution in [3.8, 4) is 0 Å². The van der Waals surface area contributed by atoms with Gasteiger partial charge < -0.3 is 9.30 Å². The number of fused-ring (bicyclic) bond motifs is 2. The van der Waals surface area contributed by atoms with Gasteiger partial charge in [0.2, 0.25) is 0 Å². The fourth-order valence-corrected chi connectivity index (χ4v) is 3.07. The molecular formula is C17H14FN3O. The average Bonchev–Trinajstić information content (AvgIpc) is 3.06. The van der Waals surface area contributed by atoms with Gasteiger partial charge in [0.05, 0.1) is 0 Å². The lowest BCUT2D eigenvalue weighted by Crippen LogP contribution is -2.35. The number of aromatic nitrogens is 2. The summed E-state index contributed by atoms with van der Waals surface area (Å²) in [5.41, 5.74) is 2.99. The van der Waals surface area contributed by atoms with Crippen LogP contribution in [0.25, 0.3) is 5.65 Å². The smallest absolute Gasteiger partial charge is 0.278 e. The van der Waals surface area contributed by atoms with Crippen LogP contribution in [0.1, 0.15) is 23.0 Å². The van der Waals surface area contributed by atoms with Crippen molar-refractivity contribution in [2.45, 2.75) is 19.4 Å². The molecule has 110 valence electrons. The summed E-state index contributed by atoms with van der Waals surface area (Å²) in [7, 11) is 0. The number of carbonyl (C=O) groups is 1. The highest BCUT2D eigenvalue weighted by atomic mass is 19.1. The van der Waals surface area contributed by atoms with Crippen LogP contribution in [0.2, 0.25) is 0 Å². The van der Waals surface area contributed by atoms with Gasteiger partial charge in [-0.15, -0.1) is 0 Å². The number of carbonyl (C=O) groups excluding carboxylic acids is 1. The molecule has 3 aromatic rings. The molecule has 1 unspecified atom stereocenters. The third-order valence-electron chi connectivity index (χ3n) is 4.06. The molecule has 0 saturated heterocycles. The third-order valence-corrected chi connectivity index (χ3v) is 4.06. The summed E-state index contributed by atoms with van der Waals surface area (Å²) < 4.78 is 14.8. The molecule has 0 N–H and O–H groups in total. The highest BCUT2D eigenvalue weighted by Gasteiger charge is 2.32. The van der Waals surface area contributed by atoms with Crippen molar-refractivity contribution in [2.24, 2.45) is 0 Å². The molecule has 0 bridgehead atoms. The van der Waals surface area contributed by atoms with E-state index in [1.165, 1.54) is 16.7 Å². The van der Waals surface area contributed by atoms with Gasteiger partial charge >= 0.3 is 0 Å². The van der Waals surface area contributed by atoms with Crippen molar-refractivity contribution in [2.75, 3.05) is 4.90 Å². The molecule has 0 spiro atoms. The fourth-order valence-electron chi connectivity index (χ4n) is 3.07. The van der Waals surface area contributed by atoms with Gasteiger partial charge in [-0.3, -0.25) is 4.79 Å². The van der Waals surface area contributed by atoms with Crippen molar-refractivity contribution in [3.05, 3.63) is 65.9 Å². The first kappa shape index (κ1) is 13.0. The largest absolute Gasteiger partial charge is 0.304 e. The Morgan fingerprint density at radius 2 is 2.05 bits per heavy atom. The third kappa shape index (κ3) is 1.89. The van der Waals surface area contributed by atoms with E-state index < -0.39 is 0 Å². The average molecular weight is 295 g/mol. The molecule has 0 saturated carbocycles. The van der Waals surface area contributed by atoms with Crippen LogP contribution in [0.3, 0.4) is 0 Å². The van der Waals surface area contributed by atoms with Gasteiger partial charge in [0, 0.05) is 24.1 Å². The van der Waals surface area contributed by atoms with Gasteiger partial charge in [-0.25, -0.2) is 9.37 Å². The maximum absolute atomic E-state index is 13.3. The van der Waals surface area contributed by atoms with Crippen LogP contribution >= 0.6 is 0 Å². The van der Waals surface area contributed by atoms with Gasteiger partial charge in [-0.1, -0.05) is 18.2 Å². The zero-order chi connectivity index (χ0) is 15.3. The number of rotatable bonds is 1. The zero-order valence-corrected chi connectivity index (χ0v) is 12.0. The van der Waals surface area contributed by atoms with Crippen molar-refractivity contribution in [1.29, 1.82) is 0 Å². The van der Waals surface area contributed by atoms with E-state index in [0.29, 0.717) is 11.3 Å². The molecule has 1 aliphatic rings. The summed E-state index contributed by atoms with van der Waals surface area (Å²) in [6, 6.07) is 10.9. The summed E-state index contributed by atoms with van der Waals surface area (Å²) >= 11 is 0. The number of halogens is 1. The van der Waals surface area contributed by atoms with Gasteiger partial charge in [0.25, 0.3) is 5.91 Å². The quantitative estimate of drug-likeness (QED) is 0.692. The Hall–Kier alpha value is -2.69. The predicted molar refractivity (Wildman–Crippen MR) is 81.6 cm³/mol. The minimum absolute atomic E-state index is 0.0893. The first-order chi connectivity index (χ1) is 10.6. The first-order valence-electron chi connectivity index (χ1n) is 7.19. The van der Waals surface area contributed by atoms with E-state index in [2.05, 4.69) is 4.98 Å². The van der Waals surface area contributed by atoms with E-state index in [1.807, 2.05) is 31.2 Å². The number of imidazole rings is 1. The van der Waals surface area contributed by atoms with E-state index >= 15 is 0 Å². The molecule has 4 nitrogen and oxygen atoms in total. The lowest BCUT2D eigenvalue weighted by atomic mass is 10.1. The lowest BCUT2D eigenvalue weighted by Gasteiger charge is -2.21. The minimum Gasteiger partial charge on any atom is -0.304 e. The number of nitrogens with zero attached hydrogens (tertiary/aromatic N) is 3. The number of amides is 1. The van der Waals surface area contributed by atoms with Crippen LogP contribution in [0.4, 0.5) is 10.1 Å². The van der Waals surface area contributed by atoms with E-state index in [4.69, 9.17) is 0 Å². The van der Waals surface area contributed by atoms with Gasteiger partial charge in [-0.05, 0) is 37.1 Å². The Kier molecular flexibility index (Phi) is 2.76. The Morgan fingerprint density at radius 1 is 1.23 bits per heavy atom. The maximum atomic E-state index is 13.3. The summed E-state index contributed by atoms with van der Waals surface area (Å²) in [5.74, 6) is -0.509. The topological polar surface area (TPSA) is 37.6 Å². The number of benzene rings is 1. The highest BCUT2D eigenvalue weighted by molar-refractivity contribution is 6.06. The normalized spacial score (nSPS) is 17.0. The second-order valence-corrected chi connectivity index (χ2v) is 5.60. The predicted octanol–water partition coefficient (Wildman–Crippen LogP) is 3.06. The van der Waals surface area contributed by atoms with E-state index in [-0.39, 0.29) is 17.8 Å². The maximum Gasteiger partial charge on any atom is 0.278 e. The Balaban J connectivity index is 1.77. The first-order valence-corrected chi connectivity index (χ1v) is 7.19. The van der Waals surface area contributed by atoms with Crippen LogP contribution < -0.4 is 4.90 Å². The summed E-state index contributed by atoms with van der Waals surface area (Å²) in [6.07, 6.45) is 3.73. The second-order valence-electron chi connectivity index (χ2n) is 5.60. The van der Waals surface area contributed by atoms with Gasteiger partial charge in [-0.2, -0.15) is 0 Å². The molecule has 1 aliphatic heterocycles. The van der Waals surface area contributed by atoms with E-state index in [1.54, 1.807) is 17.2 Å². The van der Waals surface area contributed by atoms with Crippen molar-refractivity contribution in [3.63, 3.8) is 0 Å². The van der Waals surface area contributed by atoms with E-state index in [0.717, 1.165) is 17.7 Å². The molecule has 0 aliphatic carbocycles. The Bertz CT molecular complexity index is 886. The summed E-state index contributed by atoms with van der Waals surface area (Å²) in [6.45, 7) is 2.02. The summed E-state index contributed by atoms with van der Waals surface area (Å²) in [5, 5.41) is 0. The molecule has 22 heavy (non-hydrogen) atoms. The molecular weight excluding hydrogens is 281 g/mol. The molecule has 0 fully saturated rings. The standard InChI is InChI=1S/C17H14FN3O/c1-11-8-12-4-2-3-5-15(12)21(11)17(22)14-10-20-9-13(18)6-7-16(20)19-14/h2-7,9-11H,8H2,1H3. The molecule has 1 atom stereocenters. The van der Waals surface area contributed by atoms with E-state index in [9.17, 15) is 9.18 Å². The highest BCUT2D eigenvalue weighted by Crippen LogP contribution is 2.32. The number of hydrogen-bond donors (Lipinski definition) is 0. The zero-order valence-electron chi connectivity index (χ0n) is 12.0. The van der Waals surface area contributed by atoms with Gasteiger partial charge in [0.15, 0.2) is 0 Å². The summed E-state index contributed by atoms with van der Waals surface area (Å²) in [4.78, 5) is 18.9. The van der Waals surface area contributed by atoms with Crippen LogP contribution in [0.15, 0.2) is 48.8 Å². The SMILES string of the molecule is CC1Cc2ccccc2N1C(=O)c1cn2cc(F)ccc2n1. The molecule has 5 heteroatoms. The fraction of sp³-hybridized carbons (Fsp3) is 0.176. The Morgan fingerprint density at radius 3 is 2.91 bits per heavy atom. The molecule has 4 rings (SSSR count). The van der Waals surface area contributed by atoms with Crippen LogP contribution in [-0.2, 0) is 6.42 Å². The van der Waals surface area contributed by atoms with Crippen molar-refractivity contribution >= 4 is 17.2 Å². The lowest BCUT2D eigenvalue weighted by molar-refractivity contribution is 0.0977. The Labute approximate surface area is 126 Å². The number of hydrogen-bond acceptors (Lipinski definition) is 2. The number of para-hydroxylation sites is 1. The number of pyridine rings is 1. The molecule has 1 aromatic carbocycles. The van der Waals surface area contributed by atoms with Crippen LogP contribution in [0.5, 0.6) is 0 Å². The molecule has 3 heterocycles. The van der Waals surface area contributed by atoms with Crippen LogP contribution in [-0.4, -0.2) is 21.3 Å². The van der Waals surface area contributed by atoms with Crippen molar-refractivity contribution < 1.29 is 9.18 Å². The monoisotopic (exact) mass is 295 g/mol. The number of anilines is 1. The molecule has 2 aromatic heterocycles. The van der Waals surface area contributed by atoms with Crippen molar-refractivity contribution in [1.82, 2.24) is 9.38 Å². The second kappa shape index (κ2) is 4.66. The molecule has 1 amide bonds. The van der Waals surface area contributed by atoms with Gasteiger partial charge in [0.1, 0.15) is 17.2 Å². The minimum atomic E-state index is -0.358. The molecule has 0 radical (unpaired) electrons. The van der Waals surface area contributed by atoms with Crippen LogP contribution in [0, 0.1) is 5.82 Å².